The lowest BCUT2D eigenvalue weighted by Crippen LogP contribution is -2.27. The first-order valence-electron chi connectivity index (χ1n) is 13.4. The molecule has 2 aliphatic rings. The molecule has 206 valence electrons. The molecule has 1 saturated heterocycles. The lowest BCUT2D eigenvalue weighted by molar-refractivity contribution is -0.0391. The molecule has 0 spiro atoms. The Hall–Kier alpha value is -3.14. The molecule has 1 aliphatic carbocycles. The van der Waals surface area contributed by atoms with Crippen molar-refractivity contribution in [1.29, 1.82) is 0 Å². The second kappa shape index (κ2) is 12.4. The van der Waals surface area contributed by atoms with Gasteiger partial charge in [-0.1, -0.05) is 6.42 Å². The first-order chi connectivity index (χ1) is 18.9. The summed E-state index contributed by atoms with van der Waals surface area (Å²) in [4.78, 5) is 21.5. The minimum absolute atomic E-state index is 0.0135. The second-order valence-corrected chi connectivity index (χ2v) is 10.4. The van der Waals surface area contributed by atoms with Crippen molar-refractivity contribution in [2.24, 2.45) is 5.73 Å². The van der Waals surface area contributed by atoms with Crippen molar-refractivity contribution >= 4 is 5.78 Å². The minimum Gasteiger partial charge on any atom is -0.381 e. The van der Waals surface area contributed by atoms with Gasteiger partial charge in [0.25, 0.3) is 0 Å². The number of ketones is 1. The van der Waals surface area contributed by atoms with Crippen LogP contribution in [0.15, 0.2) is 42.7 Å². The summed E-state index contributed by atoms with van der Waals surface area (Å²) in [5, 5.41) is 0. The topological polar surface area (TPSA) is 87.3 Å². The van der Waals surface area contributed by atoms with Crippen LogP contribution in [0.2, 0.25) is 0 Å². The predicted octanol–water partition coefficient (Wildman–Crippen LogP) is 5.67. The molecule has 1 saturated carbocycles. The van der Waals surface area contributed by atoms with Crippen LogP contribution in [-0.4, -0.2) is 41.1 Å². The molecular formula is C30H32F3N3O3. The Kier molecular flexibility index (Phi) is 8.69. The van der Waals surface area contributed by atoms with Crippen LogP contribution in [0.1, 0.15) is 71.6 Å². The zero-order chi connectivity index (χ0) is 27.4. The lowest BCUT2D eigenvalue weighted by Gasteiger charge is -2.28. The van der Waals surface area contributed by atoms with Gasteiger partial charge in [0.1, 0.15) is 28.8 Å². The lowest BCUT2D eigenvalue weighted by atomic mass is 9.80. The van der Waals surface area contributed by atoms with Crippen molar-refractivity contribution < 1.29 is 27.4 Å². The van der Waals surface area contributed by atoms with Gasteiger partial charge < -0.3 is 15.2 Å². The summed E-state index contributed by atoms with van der Waals surface area (Å²) < 4.78 is 56.0. The predicted molar refractivity (Wildman–Crippen MR) is 140 cm³/mol. The molecule has 0 unspecified atom stereocenters. The molecule has 0 radical (unpaired) electrons. The molecule has 9 heteroatoms. The van der Waals surface area contributed by atoms with E-state index < -0.39 is 34.5 Å². The van der Waals surface area contributed by atoms with Crippen LogP contribution in [0.5, 0.6) is 0 Å². The molecule has 0 bridgehead atoms. The highest BCUT2D eigenvalue weighted by atomic mass is 19.1. The maximum Gasteiger partial charge on any atom is 0.185 e. The van der Waals surface area contributed by atoms with E-state index in [1.807, 2.05) is 6.07 Å². The van der Waals surface area contributed by atoms with E-state index in [0.717, 1.165) is 55.0 Å². The van der Waals surface area contributed by atoms with E-state index in [1.165, 1.54) is 6.07 Å². The highest BCUT2D eigenvalue weighted by molar-refractivity contribution is 5.96. The third kappa shape index (κ3) is 6.54. The first kappa shape index (κ1) is 27.4. The first-order valence-corrected chi connectivity index (χ1v) is 13.4. The molecule has 2 fully saturated rings. The van der Waals surface area contributed by atoms with Gasteiger partial charge in [0.05, 0.1) is 18.3 Å². The normalized spacial score (nSPS) is 20.2. The third-order valence-corrected chi connectivity index (χ3v) is 7.57. The molecule has 1 aliphatic heterocycles. The molecule has 5 rings (SSSR count). The summed E-state index contributed by atoms with van der Waals surface area (Å²) in [6.07, 6.45) is 8.53. The Bertz CT molecular complexity index is 1310. The van der Waals surface area contributed by atoms with E-state index in [2.05, 4.69) is 9.97 Å². The Morgan fingerprint density at radius 2 is 1.79 bits per heavy atom. The summed E-state index contributed by atoms with van der Waals surface area (Å²) in [6, 6.07) is 6.51. The molecule has 3 heterocycles. The van der Waals surface area contributed by atoms with Crippen LogP contribution < -0.4 is 5.73 Å². The number of halogens is 3. The fourth-order valence-corrected chi connectivity index (χ4v) is 5.52. The van der Waals surface area contributed by atoms with E-state index in [9.17, 15) is 9.18 Å². The fourth-order valence-electron chi connectivity index (χ4n) is 5.52. The van der Waals surface area contributed by atoms with Crippen molar-refractivity contribution in [2.75, 3.05) is 13.2 Å². The molecule has 2 atom stereocenters. The van der Waals surface area contributed by atoms with Gasteiger partial charge in [-0.15, -0.1) is 0 Å². The quantitative estimate of drug-likeness (QED) is 0.372. The molecule has 39 heavy (non-hydrogen) atoms. The standard InChI is InChI=1S/C30H32F3N3O3/c31-24-4-5-27(28(37)15-20-16-35-9-6-23(20)19-2-1-3-21(34)14-19)36-30(24)29-25(32)12-18(13-26(29)33)17-39-22-7-10-38-11-8-22/h4-6,9,12-13,16,19,21-22H,1-3,7-8,10-11,14-15,17,34H2/t19-,21+/m1/s1. The highest BCUT2D eigenvalue weighted by Gasteiger charge is 2.25. The fraction of sp³-hybridized carbons (Fsp3) is 0.433. The highest BCUT2D eigenvalue weighted by Crippen LogP contribution is 2.34. The number of ether oxygens (including phenoxy) is 2. The van der Waals surface area contributed by atoms with Crippen LogP contribution in [0.3, 0.4) is 0 Å². The number of benzene rings is 1. The maximum absolute atomic E-state index is 15.1. The summed E-state index contributed by atoms with van der Waals surface area (Å²) in [5.41, 5.74) is 7.00. The van der Waals surface area contributed by atoms with E-state index >= 15 is 8.78 Å². The Labute approximate surface area is 225 Å². The van der Waals surface area contributed by atoms with Gasteiger partial charge in [0.2, 0.25) is 0 Å². The van der Waals surface area contributed by atoms with Gasteiger partial charge in [-0.25, -0.2) is 18.2 Å². The third-order valence-electron chi connectivity index (χ3n) is 7.57. The van der Waals surface area contributed by atoms with Gasteiger partial charge in [0.15, 0.2) is 5.78 Å². The minimum atomic E-state index is -0.972. The molecule has 0 amide bonds. The summed E-state index contributed by atoms with van der Waals surface area (Å²) in [7, 11) is 0. The van der Waals surface area contributed by atoms with Gasteiger partial charge in [0, 0.05) is 38.1 Å². The van der Waals surface area contributed by atoms with Crippen LogP contribution >= 0.6 is 0 Å². The number of pyridine rings is 2. The van der Waals surface area contributed by atoms with Gasteiger partial charge in [-0.2, -0.15) is 0 Å². The molecule has 2 N–H and O–H groups in total. The SMILES string of the molecule is N[C@H]1CCC[C@@H](c2ccncc2CC(=O)c2ccc(F)c(-c3c(F)cc(COC4CCOCC4)cc3F)n2)C1. The van der Waals surface area contributed by atoms with E-state index in [-0.39, 0.29) is 36.8 Å². The van der Waals surface area contributed by atoms with Gasteiger partial charge in [-0.3, -0.25) is 9.78 Å². The zero-order valence-corrected chi connectivity index (χ0v) is 21.7. The van der Waals surface area contributed by atoms with E-state index in [4.69, 9.17) is 15.2 Å². The van der Waals surface area contributed by atoms with Crippen molar-refractivity contribution in [3.05, 3.63) is 82.6 Å². The number of carbonyl (C=O) groups excluding carboxylic acids is 1. The number of carbonyl (C=O) groups is 1. The number of hydrogen-bond donors (Lipinski definition) is 1. The second-order valence-electron chi connectivity index (χ2n) is 10.4. The average molecular weight is 540 g/mol. The average Bonchev–Trinajstić information content (AvgIpc) is 2.93. The van der Waals surface area contributed by atoms with Crippen LogP contribution in [-0.2, 0) is 22.5 Å². The summed E-state index contributed by atoms with van der Waals surface area (Å²) >= 11 is 0. The van der Waals surface area contributed by atoms with Gasteiger partial charge >= 0.3 is 0 Å². The van der Waals surface area contributed by atoms with Crippen LogP contribution in [0.4, 0.5) is 13.2 Å². The summed E-state index contributed by atoms with van der Waals surface area (Å²) in [5.74, 6) is -3.03. The molecule has 6 nitrogen and oxygen atoms in total. The number of aromatic nitrogens is 2. The maximum atomic E-state index is 15.1. The summed E-state index contributed by atoms with van der Waals surface area (Å²) in [6.45, 7) is 1.19. The molecule has 2 aromatic heterocycles. The molecule has 3 aromatic rings. The number of hydrogen-bond acceptors (Lipinski definition) is 6. The van der Waals surface area contributed by atoms with E-state index in [0.29, 0.717) is 31.6 Å². The zero-order valence-electron chi connectivity index (χ0n) is 21.7. The monoisotopic (exact) mass is 539 g/mol. The van der Waals surface area contributed by atoms with Crippen molar-refractivity contribution in [3.8, 4) is 11.3 Å². The molecular weight excluding hydrogens is 507 g/mol. The van der Waals surface area contributed by atoms with Crippen molar-refractivity contribution in [3.63, 3.8) is 0 Å². The molecule has 1 aromatic carbocycles. The number of nitrogens with zero attached hydrogens (tertiary/aromatic N) is 2. The number of Topliss-reactive ketones (excluding diaryl/α,β-unsaturated/α-hetero) is 1. The Balaban J connectivity index is 1.35. The Morgan fingerprint density at radius 3 is 2.54 bits per heavy atom. The van der Waals surface area contributed by atoms with Gasteiger partial charge in [-0.05, 0) is 85.0 Å². The van der Waals surface area contributed by atoms with Crippen LogP contribution in [0, 0.1) is 17.5 Å². The van der Waals surface area contributed by atoms with Crippen LogP contribution in [0.25, 0.3) is 11.3 Å². The number of rotatable bonds is 8. The largest absolute Gasteiger partial charge is 0.381 e. The van der Waals surface area contributed by atoms with Crippen molar-refractivity contribution in [2.45, 2.75) is 69.6 Å². The van der Waals surface area contributed by atoms with E-state index in [1.54, 1.807) is 12.4 Å². The Morgan fingerprint density at radius 1 is 1.03 bits per heavy atom. The smallest absolute Gasteiger partial charge is 0.185 e. The number of nitrogens with two attached hydrogens (primary N) is 1. The van der Waals surface area contributed by atoms with Crippen molar-refractivity contribution in [1.82, 2.24) is 9.97 Å².